The number of fused-ring (bicyclic) bond motifs is 1. The average Bonchev–Trinajstić information content (AvgIpc) is 3.36. The Kier molecular flexibility index (Phi) is 8.59. The van der Waals surface area contributed by atoms with Gasteiger partial charge in [0.05, 0.1) is 31.6 Å². The Morgan fingerprint density at radius 1 is 1.13 bits per heavy atom. The van der Waals surface area contributed by atoms with E-state index in [1.807, 2.05) is 18.2 Å². The van der Waals surface area contributed by atoms with Gasteiger partial charge >= 0.3 is 12.1 Å². The summed E-state index contributed by atoms with van der Waals surface area (Å²) in [6.45, 7) is 5.41. The molecule has 0 bridgehead atoms. The molecule has 4 rings (SSSR count). The largest absolute Gasteiger partial charge is 0.496 e. The number of halogens is 3. The quantitative estimate of drug-likeness (QED) is 0.456. The highest BCUT2D eigenvalue weighted by Crippen LogP contribution is 2.46. The summed E-state index contributed by atoms with van der Waals surface area (Å²) in [5.74, 6) is 0.409. The average molecular weight is 547 g/mol. The molecule has 39 heavy (non-hydrogen) atoms. The SMILES string of the molecule is COC(=O)Cc1cc(CN[C@@H]2CC[C@@](C(=O)N3CCc4ccc(C(F)(F)F)cc4C3)(C(C)C)C2)ccc1OC. The number of amides is 1. The highest BCUT2D eigenvalue weighted by atomic mass is 19.4. The van der Waals surface area contributed by atoms with E-state index in [2.05, 4.69) is 19.2 Å². The smallest absolute Gasteiger partial charge is 0.416 e. The molecule has 1 aliphatic carbocycles. The Morgan fingerprint density at radius 2 is 1.90 bits per heavy atom. The van der Waals surface area contributed by atoms with Gasteiger partial charge < -0.3 is 19.7 Å². The monoisotopic (exact) mass is 546 g/mol. The number of nitrogens with zero attached hydrogens (tertiary/aromatic N) is 1. The first-order chi connectivity index (χ1) is 18.5. The molecule has 9 heteroatoms. The predicted molar refractivity (Wildman–Crippen MR) is 141 cm³/mol. The summed E-state index contributed by atoms with van der Waals surface area (Å²) < 4.78 is 50.0. The molecule has 0 saturated heterocycles. The molecule has 0 spiro atoms. The van der Waals surface area contributed by atoms with Crippen molar-refractivity contribution in [1.29, 1.82) is 0 Å². The van der Waals surface area contributed by atoms with Gasteiger partial charge in [0.1, 0.15) is 5.75 Å². The zero-order valence-electron chi connectivity index (χ0n) is 23.0. The number of benzene rings is 2. The number of hydrogen-bond acceptors (Lipinski definition) is 5. The van der Waals surface area contributed by atoms with Gasteiger partial charge in [0.15, 0.2) is 0 Å². The van der Waals surface area contributed by atoms with E-state index in [9.17, 15) is 22.8 Å². The summed E-state index contributed by atoms with van der Waals surface area (Å²) in [4.78, 5) is 27.5. The van der Waals surface area contributed by atoms with E-state index in [4.69, 9.17) is 9.47 Å². The molecule has 0 aromatic heterocycles. The minimum absolute atomic E-state index is 0.0367. The second kappa shape index (κ2) is 11.6. The molecule has 0 unspecified atom stereocenters. The first-order valence-corrected chi connectivity index (χ1v) is 13.4. The van der Waals surface area contributed by atoms with E-state index in [-0.39, 0.29) is 36.8 Å². The topological polar surface area (TPSA) is 67.9 Å². The van der Waals surface area contributed by atoms with Gasteiger partial charge in [-0.1, -0.05) is 32.0 Å². The van der Waals surface area contributed by atoms with Crippen molar-refractivity contribution in [3.63, 3.8) is 0 Å². The lowest BCUT2D eigenvalue weighted by atomic mass is 9.74. The molecular weight excluding hydrogens is 509 g/mol. The molecule has 2 aromatic rings. The molecule has 2 aliphatic rings. The summed E-state index contributed by atoms with van der Waals surface area (Å²) in [5, 5.41) is 3.58. The normalized spacial score (nSPS) is 21.1. The highest BCUT2D eigenvalue weighted by molar-refractivity contribution is 5.84. The lowest BCUT2D eigenvalue weighted by Crippen LogP contribution is -2.48. The first kappa shape index (κ1) is 28.9. The fourth-order valence-corrected chi connectivity index (χ4v) is 6.01. The second-order valence-electron chi connectivity index (χ2n) is 11.0. The zero-order valence-corrected chi connectivity index (χ0v) is 23.0. The van der Waals surface area contributed by atoms with Gasteiger partial charge in [-0.2, -0.15) is 13.2 Å². The van der Waals surface area contributed by atoms with E-state index in [0.717, 1.165) is 35.6 Å². The summed E-state index contributed by atoms with van der Waals surface area (Å²) in [6, 6.07) is 9.70. The van der Waals surface area contributed by atoms with Crippen molar-refractivity contribution in [2.24, 2.45) is 11.3 Å². The van der Waals surface area contributed by atoms with E-state index in [1.165, 1.54) is 13.2 Å². The van der Waals surface area contributed by atoms with Crippen LogP contribution in [0.2, 0.25) is 0 Å². The number of rotatable bonds is 8. The summed E-state index contributed by atoms with van der Waals surface area (Å²) in [7, 11) is 2.91. The molecule has 2 aromatic carbocycles. The maximum absolute atomic E-state index is 13.9. The lowest BCUT2D eigenvalue weighted by molar-refractivity contribution is -0.146. The fraction of sp³-hybridized carbons (Fsp3) is 0.533. The van der Waals surface area contributed by atoms with Crippen LogP contribution < -0.4 is 10.1 Å². The van der Waals surface area contributed by atoms with Crippen LogP contribution in [0.1, 0.15) is 60.9 Å². The Bertz CT molecular complexity index is 1210. The Balaban J connectivity index is 1.44. The molecule has 212 valence electrons. The number of carbonyl (C=O) groups excluding carboxylic acids is 2. The molecule has 1 fully saturated rings. The van der Waals surface area contributed by atoms with Crippen LogP contribution >= 0.6 is 0 Å². The van der Waals surface area contributed by atoms with Crippen LogP contribution in [-0.2, 0) is 46.4 Å². The minimum Gasteiger partial charge on any atom is -0.496 e. The Morgan fingerprint density at radius 3 is 2.56 bits per heavy atom. The van der Waals surface area contributed by atoms with Crippen molar-refractivity contribution in [3.05, 3.63) is 64.2 Å². The van der Waals surface area contributed by atoms with Gasteiger partial charge in [0, 0.05) is 31.2 Å². The zero-order chi connectivity index (χ0) is 28.4. The molecule has 1 aliphatic heterocycles. The van der Waals surface area contributed by atoms with Crippen LogP contribution in [0, 0.1) is 11.3 Å². The third-order valence-electron chi connectivity index (χ3n) is 8.42. The van der Waals surface area contributed by atoms with Crippen LogP contribution in [0.5, 0.6) is 5.75 Å². The standard InChI is InChI=1S/C30H37F3N2O4/c1-19(2)29(28(37)35-12-10-21-6-7-24(30(31,32)33)14-23(21)18-35)11-9-25(16-29)34-17-20-5-8-26(38-3)22(13-20)15-27(36)39-4/h5-8,13-14,19,25,34H,9-12,15-18H2,1-4H3/t25-,29+/m1/s1. The van der Waals surface area contributed by atoms with Crippen molar-refractivity contribution >= 4 is 11.9 Å². The molecule has 1 N–H and O–H groups in total. The molecule has 0 radical (unpaired) electrons. The van der Waals surface area contributed by atoms with E-state index in [0.29, 0.717) is 37.2 Å². The molecule has 1 amide bonds. The Hall–Kier alpha value is -3.07. The van der Waals surface area contributed by atoms with Crippen molar-refractivity contribution in [1.82, 2.24) is 10.2 Å². The van der Waals surface area contributed by atoms with Crippen LogP contribution in [0.15, 0.2) is 36.4 Å². The van der Waals surface area contributed by atoms with Crippen molar-refractivity contribution < 1.29 is 32.2 Å². The third-order valence-corrected chi connectivity index (χ3v) is 8.42. The van der Waals surface area contributed by atoms with E-state index >= 15 is 0 Å². The van der Waals surface area contributed by atoms with Gasteiger partial charge in [0.2, 0.25) is 5.91 Å². The first-order valence-electron chi connectivity index (χ1n) is 13.4. The number of nitrogens with one attached hydrogen (secondary N) is 1. The maximum atomic E-state index is 13.9. The number of methoxy groups -OCH3 is 2. The number of alkyl halides is 3. The third kappa shape index (κ3) is 6.24. The second-order valence-corrected chi connectivity index (χ2v) is 11.0. The van der Waals surface area contributed by atoms with Crippen molar-refractivity contribution in [3.8, 4) is 5.75 Å². The number of carbonyl (C=O) groups is 2. The maximum Gasteiger partial charge on any atom is 0.416 e. The van der Waals surface area contributed by atoms with Gasteiger partial charge in [-0.25, -0.2) is 0 Å². The summed E-state index contributed by atoms with van der Waals surface area (Å²) in [5.41, 5.74) is 1.97. The van der Waals surface area contributed by atoms with E-state index in [1.54, 1.807) is 18.1 Å². The van der Waals surface area contributed by atoms with Gasteiger partial charge in [0.25, 0.3) is 0 Å². The van der Waals surface area contributed by atoms with Crippen LogP contribution in [0.3, 0.4) is 0 Å². The highest BCUT2D eigenvalue weighted by Gasteiger charge is 2.49. The summed E-state index contributed by atoms with van der Waals surface area (Å²) >= 11 is 0. The number of esters is 1. The van der Waals surface area contributed by atoms with Gasteiger partial charge in [-0.3, -0.25) is 9.59 Å². The van der Waals surface area contributed by atoms with E-state index < -0.39 is 17.2 Å². The Labute approximate surface area is 227 Å². The molecule has 1 heterocycles. The molecular formula is C30H37F3N2O4. The fourth-order valence-electron chi connectivity index (χ4n) is 6.01. The lowest BCUT2D eigenvalue weighted by Gasteiger charge is -2.40. The predicted octanol–water partition coefficient (Wildman–Crippen LogP) is 5.30. The molecule has 6 nitrogen and oxygen atoms in total. The van der Waals surface area contributed by atoms with Crippen LogP contribution in [0.4, 0.5) is 13.2 Å². The van der Waals surface area contributed by atoms with Gasteiger partial charge in [-0.15, -0.1) is 0 Å². The van der Waals surface area contributed by atoms with Crippen molar-refractivity contribution in [2.75, 3.05) is 20.8 Å². The molecule has 1 saturated carbocycles. The minimum atomic E-state index is -4.41. The van der Waals surface area contributed by atoms with Crippen LogP contribution in [0.25, 0.3) is 0 Å². The molecule has 2 atom stereocenters. The number of hydrogen-bond donors (Lipinski definition) is 1. The van der Waals surface area contributed by atoms with Gasteiger partial charge in [-0.05, 0) is 66.5 Å². The number of ether oxygens (including phenoxy) is 2. The van der Waals surface area contributed by atoms with Crippen LogP contribution in [-0.4, -0.2) is 43.6 Å². The van der Waals surface area contributed by atoms with Crippen molar-refractivity contribution in [2.45, 2.75) is 71.3 Å². The summed E-state index contributed by atoms with van der Waals surface area (Å²) in [6.07, 6.45) is -1.51.